The molecule has 0 spiro atoms. The van der Waals surface area contributed by atoms with Crippen molar-refractivity contribution in [1.29, 1.82) is 0 Å². The van der Waals surface area contributed by atoms with E-state index in [-0.39, 0.29) is 4.90 Å². The third-order valence-corrected chi connectivity index (χ3v) is 8.44. The number of methoxy groups -OCH3 is 1. The third-order valence-electron chi connectivity index (χ3n) is 5.35. The number of carbonyl (C=O) groups is 1. The van der Waals surface area contributed by atoms with Crippen molar-refractivity contribution in [2.45, 2.75) is 45.1 Å². The van der Waals surface area contributed by atoms with E-state index in [0.29, 0.717) is 23.5 Å². The molecule has 0 saturated heterocycles. The van der Waals surface area contributed by atoms with Crippen LogP contribution in [0.5, 0.6) is 5.75 Å². The summed E-state index contributed by atoms with van der Waals surface area (Å²) in [6, 6.07) is 9.86. The van der Waals surface area contributed by atoms with Crippen LogP contribution in [0, 0.1) is 6.92 Å². The van der Waals surface area contributed by atoms with Crippen LogP contribution < -0.4 is 9.54 Å². The number of amides is 1. The minimum atomic E-state index is -3.58. The van der Waals surface area contributed by atoms with Crippen molar-refractivity contribution in [2.24, 2.45) is 4.99 Å². The van der Waals surface area contributed by atoms with Crippen LogP contribution in [0.1, 0.15) is 42.6 Å². The van der Waals surface area contributed by atoms with Gasteiger partial charge in [-0.05, 0) is 56.2 Å². The second-order valence-electron chi connectivity index (χ2n) is 7.51. The topological polar surface area (TPSA) is 81.0 Å². The first-order chi connectivity index (χ1) is 15.2. The Kier molecular flexibility index (Phi) is 7.53. The largest absolute Gasteiger partial charge is 0.495 e. The molecule has 172 valence electrons. The van der Waals surface area contributed by atoms with Crippen molar-refractivity contribution in [3.63, 3.8) is 0 Å². The van der Waals surface area contributed by atoms with Gasteiger partial charge in [0.25, 0.3) is 5.91 Å². The van der Waals surface area contributed by atoms with Crippen LogP contribution in [0.3, 0.4) is 0 Å². The fourth-order valence-corrected chi connectivity index (χ4v) is 5.81. The third kappa shape index (κ3) is 4.65. The molecule has 32 heavy (non-hydrogen) atoms. The quantitative estimate of drug-likeness (QED) is 0.489. The number of aromatic nitrogens is 1. The highest BCUT2D eigenvalue weighted by Gasteiger charge is 2.20. The molecule has 0 aliphatic rings. The molecule has 3 aromatic rings. The number of rotatable bonds is 8. The van der Waals surface area contributed by atoms with E-state index in [9.17, 15) is 13.2 Å². The molecule has 1 aromatic heterocycles. The fourth-order valence-electron chi connectivity index (χ4n) is 3.42. The van der Waals surface area contributed by atoms with Crippen LogP contribution in [-0.2, 0) is 16.6 Å². The van der Waals surface area contributed by atoms with Crippen molar-refractivity contribution in [3.8, 4) is 5.75 Å². The zero-order valence-electron chi connectivity index (χ0n) is 19.1. The number of unbranched alkanes of at least 4 members (excludes halogenated alkanes) is 1. The van der Waals surface area contributed by atoms with E-state index in [2.05, 4.69) is 4.99 Å². The van der Waals surface area contributed by atoms with Crippen LogP contribution in [-0.4, -0.2) is 43.9 Å². The summed E-state index contributed by atoms with van der Waals surface area (Å²) in [7, 11) is -0.383. The number of hydrogen-bond acceptors (Lipinski definition) is 5. The standard InChI is InChI=1S/C23H29N3O4S2/c1-6-8-15-25(4)32(28,29)18-12-10-17(11-13-18)22(27)24-23-26(7-2)20-19(30-5)14-9-16(3)21(20)31-23/h9-14H,6-8,15H2,1-5H3. The first-order valence-electron chi connectivity index (χ1n) is 10.6. The van der Waals surface area contributed by atoms with Gasteiger partial charge in [-0.25, -0.2) is 12.7 Å². The van der Waals surface area contributed by atoms with E-state index in [4.69, 9.17) is 4.74 Å². The number of ether oxygens (including phenoxy) is 1. The number of benzene rings is 2. The lowest BCUT2D eigenvalue weighted by atomic mass is 10.2. The number of nitrogens with zero attached hydrogens (tertiary/aromatic N) is 3. The fraction of sp³-hybridized carbons (Fsp3) is 0.391. The Morgan fingerprint density at radius 2 is 1.84 bits per heavy atom. The normalized spacial score (nSPS) is 12.6. The molecule has 1 amide bonds. The summed E-state index contributed by atoms with van der Waals surface area (Å²) < 4.78 is 35.2. The number of aryl methyl sites for hydroxylation is 2. The molecule has 0 aliphatic heterocycles. The predicted octanol–water partition coefficient (Wildman–Crippen LogP) is 4.20. The highest BCUT2D eigenvalue weighted by atomic mass is 32.2. The van der Waals surface area contributed by atoms with Crippen molar-refractivity contribution in [1.82, 2.24) is 8.87 Å². The molecule has 0 N–H and O–H groups in total. The molecule has 3 rings (SSSR count). The summed E-state index contributed by atoms with van der Waals surface area (Å²) in [6.07, 6.45) is 1.71. The van der Waals surface area contributed by atoms with Gasteiger partial charge in [-0.1, -0.05) is 30.7 Å². The lowest BCUT2D eigenvalue weighted by molar-refractivity contribution is 0.0997. The van der Waals surface area contributed by atoms with Crippen molar-refractivity contribution in [2.75, 3.05) is 20.7 Å². The van der Waals surface area contributed by atoms with Gasteiger partial charge >= 0.3 is 0 Å². The van der Waals surface area contributed by atoms with Crippen molar-refractivity contribution in [3.05, 3.63) is 52.3 Å². The number of carbonyl (C=O) groups excluding carboxylic acids is 1. The second kappa shape index (κ2) is 9.97. The van der Waals surface area contributed by atoms with Crippen molar-refractivity contribution >= 4 is 37.5 Å². The molecular weight excluding hydrogens is 446 g/mol. The molecule has 0 radical (unpaired) electrons. The molecule has 0 aliphatic carbocycles. The van der Waals surface area contributed by atoms with Gasteiger partial charge in [0.1, 0.15) is 11.3 Å². The highest BCUT2D eigenvalue weighted by Crippen LogP contribution is 2.30. The Labute approximate surface area is 193 Å². The molecule has 0 bridgehead atoms. The zero-order valence-corrected chi connectivity index (χ0v) is 20.7. The Morgan fingerprint density at radius 3 is 2.44 bits per heavy atom. The summed E-state index contributed by atoms with van der Waals surface area (Å²) >= 11 is 1.44. The molecular formula is C23H29N3O4S2. The van der Waals surface area contributed by atoms with Crippen LogP contribution in [0.2, 0.25) is 0 Å². The molecule has 1 heterocycles. The predicted molar refractivity (Wildman–Crippen MR) is 128 cm³/mol. The summed E-state index contributed by atoms with van der Waals surface area (Å²) in [5, 5.41) is 0. The van der Waals surface area contributed by atoms with Crippen LogP contribution in [0.4, 0.5) is 0 Å². The SMILES string of the molecule is CCCCN(C)S(=O)(=O)c1ccc(C(=O)N=c2sc3c(C)ccc(OC)c3n2CC)cc1. The first kappa shape index (κ1) is 24.2. The molecule has 7 nitrogen and oxygen atoms in total. The summed E-state index contributed by atoms with van der Waals surface area (Å²) in [4.78, 5) is 18.0. The summed E-state index contributed by atoms with van der Waals surface area (Å²) in [5.41, 5.74) is 2.34. The Bertz CT molecular complexity index is 1290. The van der Waals surface area contributed by atoms with Crippen molar-refractivity contribution < 1.29 is 17.9 Å². The lowest BCUT2D eigenvalue weighted by Gasteiger charge is -2.16. The van der Waals surface area contributed by atoms with E-state index in [1.807, 2.05) is 37.5 Å². The smallest absolute Gasteiger partial charge is 0.279 e. The average Bonchev–Trinajstić information content (AvgIpc) is 3.16. The van der Waals surface area contributed by atoms with E-state index < -0.39 is 15.9 Å². The number of sulfonamides is 1. The van der Waals surface area contributed by atoms with E-state index in [1.165, 1.54) is 39.9 Å². The van der Waals surface area contributed by atoms with Gasteiger partial charge in [0.15, 0.2) is 4.80 Å². The van der Waals surface area contributed by atoms with Crippen LogP contribution >= 0.6 is 11.3 Å². The average molecular weight is 476 g/mol. The van der Waals surface area contributed by atoms with Gasteiger partial charge in [0.2, 0.25) is 10.0 Å². The summed E-state index contributed by atoms with van der Waals surface area (Å²) in [6.45, 7) is 7.11. The van der Waals surface area contributed by atoms with Gasteiger partial charge in [0, 0.05) is 25.7 Å². The number of hydrogen-bond donors (Lipinski definition) is 0. The maximum Gasteiger partial charge on any atom is 0.279 e. The van der Waals surface area contributed by atoms with E-state index in [0.717, 1.165) is 34.4 Å². The maximum absolute atomic E-state index is 12.9. The maximum atomic E-state index is 12.9. The molecule has 0 unspecified atom stereocenters. The second-order valence-corrected chi connectivity index (χ2v) is 10.5. The zero-order chi connectivity index (χ0) is 23.5. The minimum absolute atomic E-state index is 0.165. The minimum Gasteiger partial charge on any atom is -0.495 e. The highest BCUT2D eigenvalue weighted by molar-refractivity contribution is 7.89. The first-order valence-corrected chi connectivity index (χ1v) is 12.8. The van der Waals surface area contributed by atoms with E-state index in [1.54, 1.807) is 14.2 Å². The van der Waals surface area contributed by atoms with Gasteiger partial charge < -0.3 is 9.30 Å². The van der Waals surface area contributed by atoms with Gasteiger partial charge in [-0.15, -0.1) is 0 Å². The Balaban J connectivity index is 1.97. The molecule has 0 fully saturated rings. The molecule has 0 saturated carbocycles. The molecule has 2 aromatic carbocycles. The lowest BCUT2D eigenvalue weighted by Crippen LogP contribution is -2.27. The summed E-state index contributed by atoms with van der Waals surface area (Å²) in [5.74, 6) is 0.318. The monoisotopic (exact) mass is 475 g/mol. The Morgan fingerprint density at radius 1 is 1.16 bits per heavy atom. The molecule has 9 heteroatoms. The number of thiazole rings is 1. The van der Waals surface area contributed by atoms with Gasteiger partial charge in [0.05, 0.1) is 16.7 Å². The van der Waals surface area contributed by atoms with Gasteiger partial charge in [-0.3, -0.25) is 4.79 Å². The Hall–Kier alpha value is -2.49. The number of fused-ring (bicyclic) bond motifs is 1. The van der Waals surface area contributed by atoms with Crippen LogP contribution in [0.15, 0.2) is 46.3 Å². The van der Waals surface area contributed by atoms with E-state index >= 15 is 0 Å². The van der Waals surface area contributed by atoms with Crippen LogP contribution in [0.25, 0.3) is 10.2 Å². The van der Waals surface area contributed by atoms with Gasteiger partial charge in [-0.2, -0.15) is 4.99 Å². The molecule has 0 atom stereocenters.